The zero-order valence-corrected chi connectivity index (χ0v) is 12.4. The summed E-state index contributed by atoms with van der Waals surface area (Å²) in [5, 5.41) is 0.576. The highest BCUT2D eigenvalue weighted by Gasteiger charge is 2.27. The van der Waals surface area contributed by atoms with Crippen LogP contribution >= 0.6 is 11.6 Å². The third kappa shape index (κ3) is 2.57. The summed E-state index contributed by atoms with van der Waals surface area (Å²) in [5.41, 5.74) is 3.01. The average Bonchev–Trinajstić information content (AvgIpc) is 2.46. The first kappa shape index (κ1) is 13.8. The van der Waals surface area contributed by atoms with Crippen LogP contribution in [0, 0.1) is 6.92 Å². The molecule has 0 atom stereocenters. The van der Waals surface area contributed by atoms with Gasteiger partial charge in [-0.15, -0.1) is 0 Å². The Kier molecular flexibility index (Phi) is 3.52. The van der Waals surface area contributed by atoms with Gasteiger partial charge in [0.15, 0.2) is 5.78 Å². The molecule has 0 radical (unpaired) electrons. The fourth-order valence-corrected chi connectivity index (χ4v) is 2.81. The van der Waals surface area contributed by atoms with Crippen LogP contribution in [-0.2, 0) is 6.54 Å². The van der Waals surface area contributed by atoms with Crippen molar-refractivity contribution in [2.45, 2.75) is 13.5 Å². The van der Waals surface area contributed by atoms with Crippen LogP contribution in [0.3, 0.4) is 0 Å². The van der Waals surface area contributed by atoms with Crippen LogP contribution in [0.2, 0.25) is 5.02 Å². The van der Waals surface area contributed by atoms with Gasteiger partial charge in [-0.05, 0) is 42.3 Å². The molecule has 2 aromatic rings. The Morgan fingerprint density at radius 1 is 1.14 bits per heavy atom. The van der Waals surface area contributed by atoms with Gasteiger partial charge < -0.3 is 4.90 Å². The van der Waals surface area contributed by atoms with E-state index in [4.69, 9.17) is 11.6 Å². The van der Waals surface area contributed by atoms with E-state index >= 15 is 0 Å². The van der Waals surface area contributed by atoms with Crippen LogP contribution in [0.25, 0.3) is 0 Å². The van der Waals surface area contributed by atoms with Crippen LogP contribution in [-0.4, -0.2) is 23.1 Å². The van der Waals surface area contributed by atoms with Gasteiger partial charge >= 0.3 is 0 Å². The number of rotatable bonds is 1. The predicted molar refractivity (Wildman–Crippen MR) is 81.7 cm³/mol. The van der Waals surface area contributed by atoms with Crippen molar-refractivity contribution in [3.05, 3.63) is 69.7 Å². The van der Waals surface area contributed by atoms with E-state index in [1.165, 1.54) is 0 Å². The molecule has 4 heteroatoms. The van der Waals surface area contributed by atoms with Gasteiger partial charge in [0.25, 0.3) is 5.91 Å². The van der Waals surface area contributed by atoms with Crippen molar-refractivity contribution in [1.29, 1.82) is 0 Å². The molecule has 1 amide bonds. The van der Waals surface area contributed by atoms with E-state index in [2.05, 4.69) is 0 Å². The van der Waals surface area contributed by atoms with Gasteiger partial charge in [0.05, 0.1) is 6.54 Å². The van der Waals surface area contributed by atoms with Crippen LogP contribution in [0.5, 0.6) is 0 Å². The minimum absolute atomic E-state index is 0.0464. The van der Waals surface area contributed by atoms with Gasteiger partial charge in [0, 0.05) is 22.7 Å². The lowest BCUT2D eigenvalue weighted by Gasteiger charge is -2.28. The molecule has 106 valence electrons. The lowest BCUT2D eigenvalue weighted by molar-refractivity contribution is 0.0679. The first-order valence-corrected chi connectivity index (χ1v) is 7.10. The van der Waals surface area contributed by atoms with Crippen molar-refractivity contribution in [3.63, 3.8) is 0 Å². The topological polar surface area (TPSA) is 37.4 Å². The quantitative estimate of drug-likeness (QED) is 0.808. The van der Waals surface area contributed by atoms with Gasteiger partial charge in [-0.25, -0.2) is 0 Å². The number of aryl methyl sites for hydroxylation is 1. The molecule has 0 fully saturated rings. The molecule has 0 unspecified atom stereocenters. The van der Waals surface area contributed by atoms with E-state index in [1.54, 1.807) is 29.2 Å². The number of hydrogen-bond acceptors (Lipinski definition) is 2. The fourth-order valence-electron chi connectivity index (χ4n) is 2.61. The lowest BCUT2D eigenvalue weighted by Crippen LogP contribution is -2.39. The zero-order chi connectivity index (χ0) is 15.0. The normalized spacial score (nSPS) is 14.0. The molecular formula is C17H14ClNO2. The highest BCUT2D eigenvalue weighted by atomic mass is 35.5. The molecule has 0 saturated carbocycles. The van der Waals surface area contributed by atoms with Crippen molar-refractivity contribution < 1.29 is 9.59 Å². The van der Waals surface area contributed by atoms with Crippen molar-refractivity contribution in [3.8, 4) is 0 Å². The molecule has 2 aromatic carbocycles. The van der Waals surface area contributed by atoms with Crippen molar-refractivity contribution >= 4 is 23.3 Å². The summed E-state index contributed by atoms with van der Waals surface area (Å²) in [6, 6.07) is 12.6. The number of fused-ring (bicyclic) bond motifs is 1. The van der Waals surface area contributed by atoms with Gasteiger partial charge in [-0.1, -0.05) is 29.8 Å². The molecule has 0 aliphatic carbocycles. The Bertz CT molecular complexity index is 739. The SMILES string of the molecule is Cc1ccccc1C(=O)N1CC(=O)c2ccc(Cl)cc2C1. The maximum absolute atomic E-state index is 12.6. The Balaban J connectivity index is 1.94. The highest BCUT2D eigenvalue weighted by Crippen LogP contribution is 2.24. The second-order valence-corrected chi connectivity index (χ2v) is 5.64. The standard InChI is InChI=1S/C17H14ClNO2/c1-11-4-2-3-5-14(11)17(21)19-9-12-8-13(18)6-7-15(12)16(20)10-19/h2-8H,9-10H2,1H3. The summed E-state index contributed by atoms with van der Waals surface area (Å²) in [7, 11) is 0. The smallest absolute Gasteiger partial charge is 0.254 e. The molecule has 3 rings (SSSR count). The summed E-state index contributed by atoms with van der Waals surface area (Å²) in [6.45, 7) is 2.42. The molecule has 3 nitrogen and oxygen atoms in total. The molecule has 21 heavy (non-hydrogen) atoms. The van der Waals surface area contributed by atoms with Gasteiger partial charge in [0.1, 0.15) is 0 Å². The summed E-state index contributed by atoms with van der Waals surface area (Å²) in [5.74, 6) is -0.165. The van der Waals surface area contributed by atoms with E-state index in [9.17, 15) is 9.59 Å². The molecule has 0 N–H and O–H groups in total. The third-order valence-electron chi connectivity index (χ3n) is 3.73. The number of nitrogens with zero attached hydrogens (tertiary/aromatic N) is 1. The number of ketones is 1. The maximum Gasteiger partial charge on any atom is 0.254 e. The van der Waals surface area contributed by atoms with Crippen LogP contribution in [0.15, 0.2) is 42.5 Å². The summed E-state index contributed by atoms with van der Waals surface area (Å²) < 4.78 is 0. The minimum atomic E-state index is -0.118. The number of Topliss-reactive ketones (excluding diaryl/α,β-unsaturated/α-hetero) is 1. The van der Waals surface area contributed by atoms with E-state index < -0.39 is 0 Å². The molecule has 1 aliphatic rings. The number of carbonyl (C=O) groups excluding carboxylic acids is 2. The van der Waals surface area contributed by atoms with E-state index in [-0.39, 0.29) is 18.2 Å². The van der Waals surface area contributed by atoms with Crippen LogP contribution < -0.4 is 0 Å². The molecule has 0 saturated heterocycles. The zero-order valence-electron chi connectivity index (χ0n) is 11.6. The summed E-state index contributed by atoms with van der Waals surface area (Å²) in [4.78, 5) is 26.4. The van der Waals surface area contributed by atoms with Gasteiger partial charge in [-0.2, -0.15) is 0 Å². The second kappa shape index (κ2) is 5.34. The van der Waals surface area contributed by atoms with Crippen molar-refractivity contribution in [2.24, 2.45) is 0 Å². The molecule has 1 heterocycles. The Morgan fingerprint density at radius 3 is 2.67 bits per heavy atom. The molecule has 0 aromatic heterocycles. The van der Waals surface area contributed by atoms with Gasteiger partial charge in [0.2, 0.25) is 0 Å². The number of halogens is 1. The van der Waals surface area contributed by atoms with Crippen LogP contribution in [0.1, 0.15) is 31.8 Å². The number of hydrogen-bond donors (Lipinski definition) is 0. The summed E-state index contributed by atoms with van der Waals surface area (Å²) >= 11 is 5.98. The Hall–Kier alpha value is -2.13. The maximum atomic E-state index is 12.6. The highest BCUT2D eigenvalue weighted by molar-refractivity contribution is 6.30. The van der Waals surface area contributed by atoms with E-state index in [1.807, 2.05) is 25.1 Å². The monoisotopic (exact) mass is 299 g/mol. The van der Waals surface area contributed by atoms with Crippen molar-refractivity contribution in [2.75, 3.05) is 6.54 Å². The molecular weight excluding hydrogens is 286 g/mol. The number of benzene rings is 2. The minimum Gasteiger partial charge on any atom is -0.327 e. The first-order valence-electron chi connectivity index (χ1n) is 6.73. The van der Waals surface area contributed by atoms with Crippen molar-refractivity contribution in [1.82, 2.24) is 4.90 Å². The predicted octanol–water partition coefficient (Wildman–Crippen LogP) is 3.49. The number of amides is 1. The number of carbonyl (C=O) groups is 2. The Labute approximate surface area is 128 Å². The summed E-state index contributed by atoms with van der Waals surface area (Å²) in [6.07, 6.45) is 0. The van der Waals surface area contributed by atoms with Gasteiger partial charge in [-0.3, -0.25) is 9.59 Å². The second-order valence-electron chi connectivity index (χ2n) is 5.20. The Morgan fingerprint density at radius 2 is 1.90 bits per heavy atom. The third-order valence-corrected chi connectivity index (χ3v) is 3.96. The lowest BCUT2D eigenvalue weighted by atomic mass is 9.97. The molecule has 1 aliphatic heterocycles. The molecule has 0 bridgehead atoms. The fraction of sp³-hybridized carbons (Fsp3) is 0.176. The van der Waals surface area contributed by atoms with E-state index in [0.29, 0.717) is 22.7 Å². The average molecular weight is 300 g/mol. The van der Waals surface area contributed by atoms with E-state index in [0.717, 1.165) is 11.1 Å². The largest absolute Gasteiger partial charge is 0.327 e. The first-order chi connectivity index (χ1) is 10.1. The molecule has 0 spiro atoms. The van der Waals surface area contributed by atoms with Crippen LogP contribution in [0.4, 0.5) is 0 Å².